The highest BCUT2D eigenvalue weighted by Crippen LogP contribution is 2.35. The summed E-state index contributed by atoms with van der Waals surface area (Å²) in [6, 6.07) is 17.2. The van der Waals surface area contributed by atoms with Gasteiger partial charge >= 0.3 is 0 Å². The molecular formula is C23H18N4O2S. The maximum absolute atomic E-state index is 13.2. The summed E-state index contributed by atoms with van der Waals surface area (Å²) in [5.41, 5.74) is 4.46. The molecule has 1 atom stereocenters. The lowest BCUT2D eigenvalue weighted by atomic mass is 9.98. The van der Waals surface area contributed by atoms with E-state index >= 15 is 0 Å². The Labute approximate surface area is 177 Å². The summed E-state index contributed by atoms with van der Waals surface area (Å²) in [5, 5.41) is 8.24. The number of amides is 1. The summed E-state index contributed by atoms with van der Waals surface area (Å²) in [4.78, 5) is 22.6. The summed E-state index contributed by atoms with van der Waals surface area (Å²) in [6.07, 6.45) is 3.97. The summed E-state index contributed by atoms with van der Waals surface area (Å²) < 4.78 is 5.26. The predicted octanol–water partition coefficient (Wildman–Crippen LogP) is 4.69. The van der Waals surface area contributed by atoms with Gasteiger partial charge in [0.05, 0.1) is 34.8 Å². The van der Waals surface area contributed by atoms with Gasteiger partial charge < -0.3 is 4.74 Å². The van der Waals surface area contributed by atoms with Crippen LogP contribution in [0.2, 0.25) is 0 Å². The van der Waals surface area contributed by atoms with E-state index < -0.39 is 0 Å². The Hall–Kier alpha value is -3.58. The lowest BCUT2D eigenvalue weighted by Gasteiger charge is -2.21. The molecule has 2 aromatic carbocycles. The van der Waals surface area contributed by atoms with Crippen LogP contribution in [0.15, 0.2) is 77.5 Å². The SMILES string of the molecule is COc1ccc(C2=NN(C(=O)c3cccs3)[C@@H](c3ccc4nccnc4c3)C2)cc1. The fourth-order valence-corrected chi connectivity index (χ4v) is 4.27. The maximum Gasteiger partial charge on any atom is 0.284 e. The molecule has 148 valence electrons. The number of fused-ring (bicyclic) bond motifs is 1. The van der Waals surface area contributed by atoms with E-state index in [2.05, 4.69) is 9.97 Å². The standard InChI is InChI=1S/C23H18N4O2S/c1-29-17-7-4-15(5-8-17)19-14-21(27(26-19)23(28)22-3-2-12-30-22)16-6-9-18-20(13-16)25-11-10-24-18/h2-13,21H,14H2,1H3/t21-/m1/s1. The maximum atomic E-state index is 13.2. The smallest absolute Gasteiger partial charge is 0.284 e. The van der Waals surface area contributed by atoms with E-state index in [-0.39, 0.29) is 11.9 Å². The minimum absolute atomic E-state index is 0.0993. The van der Waals surface area contributed by atoms with Crippen LogP contribution in [-0.2, 0) is 0 Å². The minimum atomic E-state index is -0.205. The molecule has 0 unspecified atom stereocenters. The van der Waals surface area contributed by atoms with Gasteiger partial charge in [-0.2, -0.15) is 5.10 Å². The molecule has 0 saturated heterocycles. The number of methoxy groups -OCH3 is 1. The van der Waals surface area contributed by atoms with Crippen molar-refractivity contribution < 1.29 is 9.53 Å². The fraction of sp³-hybridized carbons (Fsp3) is 0.130. The number of hydrogen-bond acceptors (Lipinski definition) is 6. The molecule has 0 radical (unpaired) electrons. The number of carbonyl (C=O) groups is 1. The average Bonchev–Trinajstić information content (AvgIpc) is 3.49. The summed E-state index contributed by atoms with van der Waals surface area (Å²) in [5.74, 6) is 0.686. The van der Waals surface area contributed by atoms with Crippen molar-refractivity contribution in [2.45, 2.75) is 12.5 Å². The van der Waals surface area contributed by atoms with Crippen molar-refractivity contribution in [1.29, 1.82) is 0 Å². The molecular weight excluding hydrogens is 396 g/mol. The third-order valence-electron chi connectivity index (χ3n) is 5.15. The average molecular weight is 414 g/mol. The molecule has 6 nitrogen and oxygen atoms in total. The molecule has 0 fully saturated rings. The predicted molar refractivity (Wildman–Crippen MR) is 117 cm³/mol. The first-order chi connectivity index (χ1) is 14.7. The van der Waals surface area contributed by atoms with E-state index in [1.54, 1.807) is 24.5 Å². The molecule has 0 aliphatic carbocycles. The topological polar surface area (TPSA) is 67.7 Å². The Kier molecular flexibility index (Phi) is 4.72. The minimum Gasteiger partial charge on any atom is -0.497 e. The molecule has 5 rings (SSSR count). The van der Waals surface area contributed by atoms with Gasteiger partial charge in [-0.1, -0.05) is 12.1 Å². The van der Waals surface area contributed by atoms with Gasteiger partial charge in [-0.15, -0.1) is 11.3 Å². The first-order valence-electron chi connectivity index (χ1n) is 9.52. The molecule has 0 saturated carbocycles. The first kappa shape index (κ1) is 18.4. The number of hydrogen-bond donors (Lipinski definition) is 0. The van der Waals surface area contributed by atoms with Gasteiger partial charge in [0, 0.05) is 18.8 Å². The number of ether oxygens (including phenoxy) is 1. The Balaban J connectivity index is 1.54. The van der Waals surface area contributed by atoms with Crippen LogP contribution >= 0.6 is 11.3 Å². The highest BCUT2D eigenvalue weighted by atomic mass is 32.1. The summed E-state index contributed by atoms with van der Waals surface area (Å²) in [6.45, 7) is 0. The second kappa shape index (κ2) is 7.68. The zero-order valence-electron chi connectivity index (χ0n) is 16.2. The quantitative estimate of drug-likeness (QED) is 0.486. The summed E-state index contributed by atoms with van der Waals surface area (Å²) in [7, 11) is 1.64. The van der Waals surface area contributed by atoms with Crippen molar-refractivity contribution in [3.8, 4) is 5.75 Å². The van der Waals surface area contributed by atoms with E-state index in [9.17, 15) is 4.79 Å². The van der Waals surface area contributed by atoms with Gasteiger partial charge in [0.1, 0.15) is 5.75 Å². The first-order valence-corrected chi connectivity index (χ1v) is 10.4. The molecule has 0 bridgehead atoms. The van der Waals surface area contributed by atoms with Gasteiger partial charge in [-0.25, -0.2) is 5.01 Å². The van der Waals surface area contributed by atoms with Crippen molar-refractivity contribution in [3.05, 3.63) is 88.4 Å². The Morgan fingerprint density at radius 3 is 2.60 bits per heavy atom. The van der Waals surface area contributed by atoms with Crippen LogP contribution in [0.25, 0.3) is 11.0 Å². The molecule has 2 aromatic heterocycles. The van der Waals surface area contributed by atoms with E-state index in [1.807, 2.05) is 60.0 Å². The molecule has 4 aromatic rings. The lowest BCUT2D eigenvalue weighted by Crippen LogP contribution is -2.26. The number of nitrogens with zero attached hydrogens (tertiary/aromatic N) is 4. The number of carbonyl (C=O) groups excluding carboxylic acids is 1. The van der Waals surface area contributed by atoms with Crippen LogP contribution in [0, 0.1) is 0 Å². The van der Waals surface area contributed by atoms with E-state index in [1.165, 1.54) is 11.3 Å². The van der Waals surface area contributed by atoms with E-state index in [0.717, 1.165) is 33.6 Å². The molecule has 0 N–H and O–H groups in total. The van der Waals surface area contributed by atoms with Gasteiger partial charge in [0.15, 0.2) is 0 Å². The van der Waals surface area contributed by atoms with Gasteiger partial charge in [-0.05, 0) is 59.0 Å². The van der Waals surface area contributed by atoms with Crippen LogP contribution in [0.3, 0.4) is 0 Å². The lowest BCUT2D eigenvalue weighted by molar-refractivity contribution is 0.0716. The second-order valence-electron chi connectivity index (χ2n) is 6.93. The number of rotatable bonds is 4. The Morgan fingerprint density at radius 1 is 1.07 bits per heavy atom. The molecule has 1 aliphatic heterocycles. The van der Waals surface area contributed by atoms with Gasteiger partial charge in [0.25, 0.3) is 5.91 Å². The Bertz CT molecular complexity index is 1240. The van der Waals surface area contributed by atoms with Crippen LogP contribution in [0.4, 0.5) is 0 Å². The largest absolute Gasteiger partial charge is 0.497 e. The number of benzene rings is 2. The highest BCUT2D eigenvalue weighted by molar-refractivity contribution is 7.12. The monoisotopic (exact) mass is 414 g/mol. The van der Waals surface area contributed by atoms with Crippen LogP contribution in [0.1, 0.15) is 33.3 Å². The Morgan fingerprint density at radius 2 is 1.87 bits per heavy atom. The van der Waals surface area contributed by atoms with Crippen LogP contribution in [-0.4, -0.2) is 33.7 Å². The van der Waals surface area contributed by atoms with Gasteiger partial charge in [-0.3, -0.25) is 14.8 Å². The molecule has 1 amide bonds. The van der Waals surface area contributed by atoms with Crippen molar-refractivity contribution >= 4 is 34.0 Å². The molecule has 30 heavy (non-hydrogen) atoms. The zero-order valence-corrected chi connectivity index (χ0v) is 17.0. The summed E-state index contributed by atoms with van der Waals surface area (Å²) >= 11 is 1.42. The fourth-order valence-electron chi connectivity index (χ4n) is 3.62. The number of hydrazone groups is 1. The van der Waals surface area contributed by atoms with Crippen LogP contribution in [0.5, 0.6) is 5.75 Å². The van der Waals surface area contributed by atoms with Crippen molar-refractivity contribution in [3.63, 3.8) is 0 Å². The highest BCUT2D eigenvalue weighted by Gasteiger charge is 2.34. The van der Waals surface area contributed by atoms with E-state index in [0.29, 0.717) is 11.3 Å². The van der Waals surface area contributed by atoms with Crippen molar-refractivity contribution in [2.24, 2.45) is 5.10 Å². The molecule has 1 aliphatic rings. The zero-order chi connectivity index (χ0) is 20.5. The third-order valence-corrected chi connectivity index (χ3v) is 6.01. The number of thiophene rings is 1. The molecule has 7 heteroatoms. The molecule has 3 heterocycles. The third kappa shape index (κ3) is 3.33. The second-order valence-corrected chi connectivity index (χ2v) is 7.87. The van der Waals surface area contributed by atoms with Gasteiger partial charge in [0.2, 0.25) is 0 Å². The van der Waals surface area contributed by atoms with Crippen molar-refractivity contribution in [2.75, 3.05) is 7.11 Å². The number of aromatic nitrogens is 2. The normalized spacial score (nSPS) is 16.0. The molecule has 0 spiro atoms. The van der Waals surface area contributed by atoms with E-state index in [4.69, 9.17) is 9.84 Å². The van der Waals surface area contributed by atoms with Crippen molar-refractivity contribution in [1.82, 2.24) is 15.0 Å². The van der Waals surface area contributed by atoms with Crippen LogP contribution < -0.4 is 4.74 Å².